The standard InChI is InChI=1S/C14H20N2O2S/c1-9-10(2)19-5-4-16(9)14(17)11-6-12(15)8-13(7-11)18-3/h6-10H,4-5,15H2,1-3H3. The quantitative estimate of drug-likeness (QED) is 0.844. The predicted octanol–water partition coefficient (Wildman–Crippen LogP) is 2.24. The van der Waals surface area contributed by atoms with Gasteiger partial charge in [-0.15, -0.1) is 0 Å². The maximum absolute atomic E-state index is 12.6. The first-order valence-corrected chi connectivity index (χ1v) is 7.45. The second-order valence-electron chi connectivity index (χ2n) is 4.81. The highest BCUT2D eigenvalue weighted by molar-refractivity contribution is 8.00. The Morgan fingerprint density at radius 3 is 2.84 bits per heavy atom. The lowest BCUT2D eigenvalue weighted by Crippen LogP contribution is -2.47. The Labute approximate surface area is 118 Å². The maximum Gasteiger partial charge on any atom is 0.254 e. The van der Waals surface area contributed by atoms with Gasteiger partial charge >= 0.3 is 0 Å². The molecule has 2 unspecified atom stereocenters. The van der Waals surface area contributed by atoms with E-state index in [0.29, 0.717) is 22.3 Å². The van der Waals surface area contributed by atoms with Crippen LogP contribution in [0.15, 0.2) is 18.2 Å². The fourth-order valence-corrected chi connectivity index (χ4v) is 3.35. The summed E-state index contributed by atoms with van der Waals surface area (Å²) in [5.41, 5.74) is 6.96. The molecule has 0 aliphatic carbocycles. The number of ether oxygens (including phenoxy) is 1. The van der Waals surface area contributed by atoms with E-state index in [1.165, 1.54) is 0 Å². The number of amides is 1. The van der Waals surface area contributed by atoms with Crippen LogP contribution in [0, 0.1) is 0 Å². The van der Waals surface area contributed by atoms with E-state index in [-0.39, 0.29) is 11.9 Å². The Balaban J connectivity index is 2.25. The zero-order valence-electron chi connectivity index (χ0n) is 11.6. The number of rotatable bonds is 2. The van der Waals surface area contributed by atoms with Crippen molar-refractivity contribution >= 4 is 23.4 Å². The highest BCUT2D eigenvalue weighted by Crippen LogP contribution is 2.27. The Bertz CT molecular complexity index is 479. The molecule has 1 amide bonds. The lowest BCUT2D eigenvalue weighted by molar-refractivity contribution is 0.0698. The minimum Gasteiger partial charge on any atom is -0.497 e. The summed E-state index contributed by atoms with van der Waals surface area (Å²) in [5, 5.41) is 0.459. The fourth-order valence-electron chi connectivity index (χ4n) is 2.25. The number of benzene rings is 1. The molecule has 1 aliphatic heterocycles. The van der Waals surface area contributed by atoms with E-state index in [4.69, 9.17) is 10.5 Å². The average molecular weight is 280 g/mol. The number of hydrogen-bond donors (Lipinski definition) is 1. The Morgan fingerprint density at radius 2 is 2.16 bits per heavy atom. The predicted molar refractivity (Wildman–Crippen MR) is 79.8 cm³/mol. The molecule has 0 radical (unpaired) electrons. The molecule has 2 N–H and O–H groups in total. The highest BCUT2D eigenvalue weighted by atomic mass is 32.2. The molecule has 0 spiro atoms. The number of hydrogen-bond acceptors (Lipinski definition) is 4. The van der Waals surface area contributed by atoms with Crippen LogP contribution in [0.2, 0.25) is 0 Å². The summed E-state index contributed by atoms with van der Waals surface area (Å²) in [4.78, 5) is 14.5. The van der Waals surface area contributed by atoms with Gasteiger partial charge in [0.15, 0.2) is 0 Å². The van der Waals surface area contributed by atoms with Crippen molar-refractivity contribution in [3.8, 4) is 5.75 Å². The number of methoxy groups -OCH3 is 1. The Kier molecular flexibility index (Phi) is 4.24. The van der Waals surface area contributed by atoms with Crippen molar-refractivity contribution in [2.75, 3.05) is 25.1 Å². The topological polar surface area (TPSA) is 55.6 Å². The molecule has 1 aromatic rings. The summed E-state index contributed by atoms with van der Waals surface area (Å²) in [5.74, 6) is 1.64. The molecule has 0 aromatic heterocycles. The third-order valence-electron chi connectivity index (χ3n) is 3.56. The van der Waals surface area contributed by atoms with Crippen LogP contribution >= 0.6 is 11.8 Å². The van der Waals surface area contributed by atoms with Gasteiger partial charge in [-0.25, -0.2) is 0 Å². The van der Waals surface area contributed by atoms with Gasteiger partial charge in [-0.1, -0.05) is 6.92 Å². The van der Waals surface area contributed by atoms with Crippen molar-refractivity contribution in [1.29, 1.82) is 0 Å². The van der Waals surface area contributed by atoms with E-state index in [9.17, 15) is 4.79 Å². The van der Waals surface area contributed by atoms with Gasteiger partial charge in [0.05, 0.1) is 7.11 Å². The van der Waals surface area contributed by atoms with Gasteiger partial charge in [-0.05, 0) is 19.1 Å². The van der Waals surface area contributed by atoms with E-state index < -0.39 is 0 Å². The van der Waals surface area contributed by atoms with E-state index in [2.05, 4.69) is 13.8 Å². The Hall–Kier alpha value is -1.36. The summed E-state index contributed by atoms with van der Waals surface area (Å²) in [7, 11) is 1.57. The maximum atomic E-state index is 12.6. The number of nitrogens with two attached hydrogens (primary N) is 1. The fraction of sp³-hybridized carbons (Fsp3) is 0.500. The molecular weight excluding hydrogens is 260 g/mol. The van der Waals surface area contributed by atoms with Crippen LogP contribution in [-0.4, -0.2) is 41.5 Å². The van der Waals surface area contributed by atoms with Crippen LogP contribution in [0.5, 0.6) is 5.75 Å². The first-order chi connectivity index (χ1) is 9.02. The van der Waals surface area contributed by atoms with Crippen molar-refractivity contribution in [2.45, 2.75) is 25.1 Å². The second kappa shape index (κ2) is 5.74. The third-order valence-corrected chi connectivity index (χ3v) is 4.89. The van der Waals surface area contributed by atoms with Crippen LogP contribution in [0.25, 0.3) is 0 Å². The zero-order chi connectivity index (χ0) is 14.0. The summed E-state index contributed by atoms with van der Waals surface area (Å²) >= 11 is 1.91. The van der Waals surface area contributed by atoms with E-state index >= 15 is 0 Å². The van der Waals surface area contributed by atoms with Gasteiger partial charge in [-0.3, -0.25) is 4.79 Å². The molecule has 1 fully saturated rings. The number of anilines is 1. The molecular formula is C14H20N2O2S. The van der Waals surface area contributed by atoms with Crippen LogP contribution < -0.4 is 10.5 Å². The first-order valence-electron chi connectivity index (χ1n) is 6.40. The lowest BCUT2D eigenvalue weighted by atomic mass is 10.1. The van der Waals surface area contributed by atoms with Gasteiger partial charge in [-0.2, -0.15) is 11.8 Å². The molecule has 104 valence electrons. The van der Waals surface area contributed by atoms with Crippen molar-refractivity contribution in [3.05, 3.63) is 23.8 Å². The molecule has 19 heavy (non-hydrogen) atoms. The first kappa shape index (κ1) is 14.1. The average Bonchev–Trinajstić information content (AvgIpc) is 2.40. The smallest absolute Gasteiger partial charge is 0.254 e. The zero-order valence-corrected chi connectivity index (χ0v) is 12.4. The molecule has 1 aromatic carbocycles. The van der Waals surface area contributed by atoms with Crippen molar-refractivity contribution in [3.63, 3.8) is 0 Å². The molecule has 2 rings (SSSR count). The van der Waals surface area contributed by atoms with Gasteiger partial charge in [0.2, 0.25) is 0 Å². The number of thioether (sulfide) groups is 1. The summed E-state index contributed by atoms with van der Waals surface area (Å²) in [6.45, 7) is 5.04. The molecule has 0 bridgehead atoms. The summed E-state index contributed by atoms with van der Waals surface area (Å²) < 4.78 is 5.17. The monoisotopic (exact) mass is 280 g/mol. The van der Waals surface area contributed by atoms with Crippen molar-refractivity contribution in [2.24, 2.45) is 0 Å². The molecule has 1 aliphatic rings. The van der Waals surface area contributed by atoms with Crippen molar-refractivity contribution < 1.29 is 9.53 Å². The molecule has 0 saturated carbocycles. The number of nitrogens with zero attached hydrogens (tertiary/aromatic N) is 1. The van der Waals surface area contributed by atoms with Crippen molar-refractivity contribution in [1.82, 2.24) is 4.90 Å². The largest absolute Gasteiger partial charge is 0.497 e. The van der Waals surface area contributed by atoms with Crippen LogP contribution in [-0.2, 0) is 0 Å². The summed E-state index contributed by atoms with van der Waals surface area (Å²) in [6, 6.07) is 5.41. The van der Waals surface area contributed by atoms with Crippen LogP contribution in [0.4, 0.5) is 5.69 Å². The number of carbonyl (C=O) groups excluding carboxylic acids is 1. The van der Waals surface area contributed by atoms with Crippen LogP contribution in [0.1, 0.15) is 24.2 Å². The number of nitrogen functional groups attached to an aromatic ring is 1. The number of carbonyl (C=O) groups is 1. The lowest BCUT2D eigenvalue weighted by Gasteiger charge is -2.37. The van der Waals surface area contributed by atoms with E-state index in [1.807, 2.05) is 16.7 Å². The minimum atomic E-state index is 0.0326. The highest BCUT2D eigenvalue weighted by Gasteiger charge is 2.29. The third kappa shape index (κ3) is 2.97. The molecule has 4 nitrogen and oxygen atoms in total. The normalized spacial score (nSPS) is 23.2. The van der Waals surface area contributed by atoms with Gasteiger partial charge in [0.25, 0.3) is 5.91 Å². The van der Waals surface area contributed by atoms with Gasteiger partial charge in [0, 0.05) is 40.9 Å². The van der Waals surface area contributed by atoms with Crippen LogP contribution in [0.3, 0.4) is 0 Å². The van der Waals surface area contributed by atoms with E-state index in [0.717, 1.165) is 12.3 Å². The molecule has 2 atom stereocenters. The second-order valence-corrected chi connectivity index (χ2v) is 6.30. The SMILES string of the molecule is COc1cc(N)cc(C(=O)N2CCSC(C)C2C)c1. The molecule has 1 heterocycles. The summed E-state index contributed by atoms with van der Waals surface area (Å²) in [6.07, 6.45) is 0. The minimum absolute atomic E-state index is 0.0326. The molecule has 5 heteroatoms. The van der Waals surface area contributed by atoms with Gasteiger partial charge < -0.3 is 15.4 Å². The van der Waals surface area contributed by atoms with E-state index in [1.54, 1.807) is 25.3 Å². The van der Waals surface area contributed by atoms with Gasteiger partial charge in [0.1, 0.15) is 5.75 Å². The molecule has 1 saturated heterocycles. The Morgan fingerprint density at radius 1 is 1.42 bits per heavy atom.